The first kappa shape index (κ1) is 6.77. The molecule has 1 N–H and O–H groups in total. The smallest absolute Gasteiger partial charge is 0.0956 e. The Morgan fingerprint density at radius 2 is 2.45 bits per heavy atom. The summed E-state index contributed by atoms with van der Waals surface area (Å²) in [5.74, 6) is 0. The molecular weight excluding hydrogens is 136 g/mol. The highest BCUT2D eigenvalue weighted by Gasteiger charge is 2.23. The zero-order valence-electron chi connectivity index (χ0n) is 7.09. The number of nitrogens with zero attached hydrogens (tertiary/aromatic N) is 1. The molecule has 0 aromatic carbocycles. The van der Waals surface area contributed by atoms with E-state index in [0.717, 1.165) is 0 Å². The van der Waals surface area contributed by atoms with Gasteiger partial charge >= 0.3 is 0 Å². The summed E-state index contributed by atoms with van der Waals surface area (Å²) in [6, 6.07) is 0. The van der Waals surface area contributed by atoms with E-state index in [9.17, 15) is 0 Å². The van der Waals surface area contributed by atoms with E-state index < -0.39 is 0 Å². The maximum Gasteiger partial charge on any atom is 0.0956 e. The maximum atomic E-state index is 3.46. The van der Waals surface area contributed by atoms with E-state index in [1.807, 2.05) is 0 Å². The Bertz CT molecular complexity index is 228. The summed E-state index contributed by atoms with van der Waals surface area (Å²) in [7, 11) is 2.13. The Kier molecular flexibility index (Phi) is 1.41. The fraction of sp³-hybridized carbons (Fsp3) is 0.556. The topological polar surface area (TPSA) is 15.3 Å². The minimum Gasteiger partial charge on any atom is -0.367 e. The Morgan fingerprint density at radius 3 is 3.18 bits per heavy atom. The van der Waals surface area contributed by atoms with Crippen LogP contribution < -0.4 is 5.32 Å². The van der Waals surface area contributed by atoms with Crippen molar-refractivity contribution in [3.05, 3.63) is 23.5 Å². The maximum absolute atomic E-state index is 3.46. The first-order valence-corrected chi connectivity index (χ1v) is 4.18. The second-order valence-electron chi connectivity index (χ2n) is 3.24. The summed E-state index contributed by atoms with van der Waals surface area (Å²) in [5, 5.41) is 3.46. The molecule has 60 valence electrons. The molecule has 1 aliphatic carbocycles. The van der Waals surface area contributed by atoms with Gasteiger partial charge in [-0.3, -0.25) is 0 Å². The predicted octanol–water partition coefficient (Wildman–Crippen LogP) is 1.43. The zero-order valence-corrected chi connectivity index (χ0v) is 7.09. The van der Waals surface area contributed by atoms with Gasteiger partial charge < -0.3 is 10.2 Å². The van der Waals surface area contributed by atoms with Gasteiger partial charge in [-0.25, -0.2) is 0 Å². The standard InChI is InChI=1S/C9H14N2/c1-7-10-8-5-3-4-6-9(8)11(7)2/h4,6-7,10H,3,5H2,1-2H3. The summed E-state index contributed by atoms with van der Waals surface area (Å²) >= 11 is 0. The Balaban J connectivity index is 2.28. The van der Waals surface area contributed by atoms with Crippen molar-refractivity contribution in [1.29, 1.82) is 0 Å². The van der Waals surface area contributed by atoms with E-state index in [4.69, 9.17) is 0 Å². The molecule has 1 atom stereocenters. The van der Waals surface area contributed by atoms with Crippen LogP contribution >= 0.6 is 0 Å². The molecule has 1 aliphatic heterocycles. The quantitative estimate of drug-likeness (QED) is 0.562. The summed E-state index contributed by atoms with van der Waals surface area (Å²) in [6.07, 6.45) is 7.31. The van der Waals surface area contributed by atoms with Gasteiger partial charge in [0.15, 0.2) is 0 Å². The molecule has 2 rings (SSSR count). The Morgan fingerprint density at radius 1 is 1.64 bits per heavy atom. The largest absolute Gasteiger partial charge is 0.367 e. The molecule has 0 saturated carbocycles. The molecule has 0 radical (unpaired) electrons. The van der Waals surface area contributed by atoms with E-state index in [1.54, 1.807) is 0 Å². The number of hydrogen-bond acceptors (Lipinski definition) is 2. The lowest BCUT2D eigenvalue weighted by Crippen LogP contribution is -2.30. The molecule has 0 aromatic heterocycles. The fourth-order valence-corrected chi connectivity index (χ4v) is 1.69. The van der Waals surface area contributed by atoms with Gasteiger partial charge in [-0.1, -0.05) is 6.08 Å². The van der Waals surface area contributed by atoms with Crippen molar-refractivity contribution in [3.8, 4) is 0 Å². The summed E-state index contributed by atoms with van der Waals surface area (Å²) in [4.78, 5) is 2.28. The summed E-state index contributed by atoms with van der Waals surface area (Å²) in [5.41, 5.74) is 2.80. The predicted molar refractivity (Wildman–Crippen MR) is 45.8 cm³/mol. The minimum atomic E-state index is 0.475. The van der Waals surface area contributed by atoms with Crippen molar-refractivity contribution >= 4 is 0 Å². The molecule has 0 bridgehead atoms. The van der Waals surface area contributed by atoms with Crippen LogP contribution in [0.4, 0.5) is 0 Å². The molecule has 1 unspecified atom stereocenters. The van der Waals surface area contributed by atoms with E-state index in [0.29, 0.717) is 6.17 Å². The number of nitrogens with one attached hydrogen (secondary N) is 1. The van der Waals surface area contributed by atoms with Crippen LogP contribution in [0.2, 0.25) is 0 Å². The number of rotatable bonds is 0. The second-order valence-corrected chi connectivity index (χ2v) is 3.24. The van der Waals surface area contributed by atoms with Crippen LogP contribution in [0.3, 0.4) is 0 Å². The molecule has 2 heteroatoms. The van der Waals surface area contributed by atoms with Crippen LogP contribution in [0.15, 0.2) is 23.5 Å². The third-order valence-electron chi connectivity index (χ3n) is 2.49. The Hall–Kier alpha value is -0.920. The first-order chi connectivity index (χ1) is 5.29. The van der Waals surface area contributed by atoms with Gasteiger partial charge in [-0.2, -0.15) is 0 Å². The van der Waals surface area contributed by atoms with E-state index in [2.05, 4.69) is 36.3 Å². The first-order valence-electron chi connectivity index (χ1n) is 4.18. The van der Waals surface area contributed by atoms with Gasteiger partial charge in [-0.15, -0.1) is 0 Å². The average molecular weight is 150 g/mol. The fourth-order valence-electron chi connectivity index (χ4n) is 1.69. The molecule has 0 fully saturated rings. The van der Waals surface area contributed by atoms with Crippen molar-refractivity contribution in [2.24, 2.45) is 0 Å². The van der Waals surface area contributed by atoms with Crippen LogP contribution in [-0.2, 0) is 0 Å². The lowest BCUT2D eigenvalue weighted by atomic mass is 10.1. The molecule has 0 saturated heterocycles. The molecule has 0 spiro atoms. The summed E-state index contributed by atoms with van der Waals surface area (Å²) < 4.78 is 0. The van der Waals surface area contributed by atoms with E-state index >= 15 is 0 Å². The van der Waals surface area contributed by atoms with Gasteiger partial charge in [0.1, 0.15) is 0 Å². The minimum absolute atomic E-state index is 0.475. The summed E-state index contributed by atoms with van der Waals surface area (Å²) in [6.45, 7) is 2.19. The number of allylic oxidation sites excluding steroid dienone is 3. The van der Waals surface area contributed by atoms with Crippen LogP contribution in [-0.4, -0.2) is 18.1 Å². The molecule has 0 aromatic rings. The molecular formula is C9H14N2. The third-order valence-corrected chi connectivity index (χ3v) is 2.49. The molecule has 11 heavy (non-hydrogen) atoms. The van der Waals surface area contributed by atoms with Gasteiger partial charge in [0.05, 0.1) is 11.9 Å². The van der Waals surface area contributed by atoms with E-state index in [-0.39, 0.29) is 0 Å². The number of likely N-dealkylation sites (N-methyl/N-ethyl adjacent to an activating group) is 1. The molecule has 1 heterocycles. The SMILES string of the molecule is CC1NC2=C(C=CCC2)N1C. The highest BCUT2D eigenvalue weighted by molar-refractivity contribution is 5.31. The highest BCUT2D eigenvalue weighted by atomic mass is 15.3. The van der Waals surface area contributed by atoms with Gasteiger partial charge in [-0.05, 0) is 25.8 Å². The lowest BCUT2D eigenvalue weighted by Gasteiger charge is -2.19. The molecule has 2 aliphatic rings. The molecule has 0 amide bonds. The third kappa shape index (κ3) is 0.934. The van der Waals surface area contributed by atoms with Crippen molar-refractivity contribution in [1.82, 2.24) is 10.2 Å². The van der Waals surface area contributed by atoms with Crippen molar-refractivity contribution in [2.75, 3.05) is 7.05 Å². The number of hydrogen-bond donors (Lipinski definition) is 1. The van der Waals surface area contributed by atoms with Gasteiger partial charge in [0.25, 0.3) is 0 Å². The highest BCUT2D eigenvalue weighted by Crippen LogP contribution is 2.25. The van der Waals surface area contributed by atoms with Crippen molar-refractivity contribution in [3.63, 3.8) is 0 Å². The van der Waals surface area contributed by atoms with Gasteiger partial charge in [0, 0.05) is 12.7 Å². The zero-order chi connectivity index (χ0) is 7.84. The van der Waals surface area contributed by atoms with Crippen LogP contribution in [0.1, 0.15) is 19.8 Å². The van der Waals surface area contributed by atoms with Crippen molar-refractivity contribution < 1.29 is 0 Å². The normalized spacial score (nSPS) is 28.9. The van der Waals surface area contributed by atoms with Gasteiger partial charge in [0.2, 0.25) is 0 Å². The second kappa shape index (κ2) is 2.29. The van der Waals surface area contributed by atoms with Crippen molar-refractivity contribution in [2.45, 2.75) is 25.9 Å². The average Bonchev–Trinajstić information content (AvgIpc) is 2.30. The van der Waals surface area contributed by atoms with Crippen LogP contribution in [0, 0.1) is 0 Å². The van der Waals surface area contributed by atoms with Crippen LogP contribution in [0.5, 0.6) is 0 Å². The molecule has 2 nitrogen and oxygen atoms in total. The monoisotopic (exact) mass is 150 g/mol. The van der Waals surface area contributed by atoms with E-state index in [1.165, 1.54) is 24.2 Å². The van der Waals surface area contributed by atoms with Crippen LogP contribution in [0.25, 0.3) is 0 Å². The lowest BCUT2D eigenvalue weighted by molar-refractivity contribution is 0.340. The Labute approximate surface area is 67.6 Å².